The van der Waals surface area contributed by atoms with Gasteiger partial charge in [-0.3, -0.25) is 4.79 Å². The zero-order chi connectivity index (χ0) is 19.2. The highest BCUT2D eigenvalue weighted by Gasteiger charge is 2.13. The normalized spacial score (nSPS) is 10.8. The number of rotatable bonds is 8. The second-order valence-corrected chi connectivity index (χ2v) is 6.17. The lowest BCUT2D eigenvalue weighted by Gasteiger charge is -2.08. The SMILES string of the molecule is CCOCn1cc(NC(=O)c2ccc(COc3cc(C)ccc3C)o2)cn1. The summed E-state index contributed by atoms with van der Waals surface area (Å²) >= 11 is 0. The second kappa shape index (κ2) is 8.55. The number of nitrogens with one attached hydrogen (secondary N) is 1. The van der Waals surface area contributed by atoms with Gasteiger partial charge in [-0.2, -0.15) is 5.10 Å². The monoisotopic (exact) mass is 369 g/mol. The zero-order valence-corrected chi connectivity index (χ0v) is 15.7. The maximum atomic E-state index is 12.3. The third kappa shape index (κ3) is 4.98. The van der Waals surface area contributed by atoms with Gasteiger partial charge in [0.25, 0.3) is 5.91 Å². The smallest absolute Gasteiger partial charge is 0.291 e. The molecule has 0 aliphatic carbocycles. The number of carbonyl (C=O) groups is 1. The first kappa shape index (κ1) is 18.7. The van der Waals surface area contributed by atoms with Crippen LogP contribution in [0.2, 0.25) is 0 Å². The van der Waals surface area contributed by atoms with Crippen LogP contribution in [0.3, 0.4) is 0 Å². The number of ether oxygens (including phenoxy) is 2. The first-order chi connectivity index (χ1) is 13.0. The van der Waals surface area contributed by atoms with Crippen LogP contribution in [0.4, 0.5) is 5.69 Å². The van der Waals surface area contributed by atoms with Crippen molar-refractivity contribution in [2.75, 3.05) is 11.9 Å². The third-order valence-corrected chi connectivity index (χ3v) is 3.92. The molecule has 1 amide bonds. The maximum absolute atomic E-state index is 12.3. The lowest BCUT2D eigenvalue weighted by atomic mass is 10.1. The minimum absolute atomic E-state index is 0.215. The van der Waals surface area contributed by atoms with E-state index >= 15 is 0 Å². The van der Waals surface area contributed by atoms with E-state index in [4.69, 9.17) is 13.9 Å². The molecule has 0 unspecified atom stereocenters. The Kier molecular flexibility index (Phi) is 5.93. The van der Waals surface area contributed by atoms with Crippen LogP contribution in [-0.2, 0) is 18.1 Å². The highest BCUT2D eigenvalue weighted by molar-refractivity contribution is 6.02. The summed E-state index contributed by atoms with van der Waals surface area (Å²) in [4.78, 5) is 12.3. The van der Waals surface area contributed by atoms with Crippen LogP contribution in [0.1, 0.15) is 34.4 Å². The van der Waals surface area contributed by atoms with Gasteiger partial charge in [0.1, 0.15) is 24.8 Å². The fourth-order valence-corrected chi connectivity index (χ4v) is 2.47. The Morgan fingerprint density at radius 2 is 2.11 bits per heavy atom. The van der Waals surface area contributed by atoms with Crippen molar-refractivity contribution in [2.24, 2.45) is 0 Å². The highest BCUT2D eigenvalue weighted by atomic mass is 16.5. The number of benzene rings is 1. The number of hydrogen-bond acceptors (Lipinski definition) is 5. The van der Waals surface area contributed by atoms with Gasteiger partial charge in [-0.15, -0.1) is 0 Å². The van der Waals surface area contributed by atoms with Gasteiger partial charge < -0.3 is 19.2 Å². The molecule has 27 heavy (non-hydrogen) atoms. The number of furan rings is 1. The van der Waals surface area contributed by atoms with Gasteiger partial charge in [-0.25, -0.2) is 4.68 Å². The number of aromatic nitrogens is 2. The van der Waals surface area contributed by atoms with Gasteiger partial charge in [-0.05, 0) is 50.1 Å². The number of carbonyl (C=O) groups excluding carboxylic acids is 1. The van der Waals surface area contributed by atoms with Gasteiger partial charge in [0.15, 0.2) is 5.76 Å². The predicted molar refractivity (Wildman–Crippen MR) is 101 cm³/mol. The summed E-state index contributed by atoms with van der Waals surface area (Å²) < 4.78 is 18.3. The van der Waals surface area contributed by atoms with E-state index in [1.165, 1.54) is 0 Å². The van der Waals surface area contributed by atoms with Gasteiger partial charge in [-0.1, -0.05) is 12.1 Å². The molecule has 0 atom stereocenters. The predicted octanol–water partition coefficient (Wildman–Crippen LogP) is 3.92. The largest absolute Gasteiger partial charge is 0.485 e. The average molecular weight is 369 g/mol. The van der Waals surface area contributed by atoms with E-state index in [1.807, 2.05) is 39.0 Å². The van der Waals surface area contributed by atoms with Gasteiger partial charge in [0.05, 0.1) is 18.1 Å². The molecule has 1 aromatic carbocycles. The van der Waals surface area contributed by atoms with Crippen LogP contribution < -0.4 is 10.1 Å². The van der Waals surface area contributed by atoms with Crippen LogP contribution >= 0.6 is 0 Å². The summed E-state index contributed by atoms with van der Waals surface area (Å²) in [7, 11) is 0. The Morgan fingerprint density at radius 3 is 2.93 bits per heavy atom. The molecule has 0 bridgehead atoms. The first-order valence-corrected chi connectivity index (χ1v) is 8.75. The molecule has 0 aliphatic heterocycles. The zero-order valence-electron chi connectivity index (χ0n) is 15.7. The molecule has 0 fully saturated rings. The summed E-state index contributed by atoms with van der Waals surface area (Å²) in [5, 5.41) is 6.86. The fraction of sp³-hybridized carbons (Fsp3) is 0.300. The Hall–Kier alpha value is -3.06. The number of nitrogens with zero attached hydrogens (tertiary/aromatic N) is 2. The van der Waals surface area contributed by atoms with E-state index in [-0.39, 0.29) is 18.3 Å². The van der Waals surface area contributed by atoms with Crippen molar-refractivity contribution in [2.45, 2.75) is 34.1 Å². The van der Waals surface area contributed by atoms with Crippen molar-refractivity contribution in [1.82, 2.24) is 9.78 Å². The van der Waals surface area contributed by atoms with Gasteiger partial charge in [0, 0.05) is 6.61 Å². The number of amides is 1. The molecule has 7 heteroatoms. The van der Waals surface area contributed by atoms with Crippen LogP contribution in [0, 0.1) is 13.8 Å². The van der Waals surface area contributed by atoms with E-state index in [1.54, 1.807) is 29.2 Å². The molecule has 2 heterocycles. The minimum atomic E-state index is -0.344. The van der Waals surface area contributed by atoms with Crippen molar-refractivity contribution in [1.29, 1.82) is 0 Å². The Labute approximate surface area is 157 Å². The summed E-state index contributed by atoms with van der Waals surface area (Å²) in [6, 6.07) is 9.39. The molecule has 2 aromatic heterocycles. The molecule has 7 nitrogen and oxygen atoms in total. The topological polar surface area (TPSA) is 78.5 Å². The molecular formula is C20H23N3O4. The third-order valence-electron chi connectivity index (χ3n) is 3.92. The second-order valence-electron chi connectivity index (χ2n) is 6.17. The van der Waals surface area contributed by atoms with E-state index in [0.717, 1.165) is 16.9 Å². The molecule has 0 radical (unpaired) electrons. The van der Waals surface area contributed by atoms with Crippen LogP contribution in [-0.4, -0.2) is 22.3 Å². The molecule has 3 rings (SSSR count). The van der Waals surface area contributed by atoms with Crippen LogP contribution in [0.25, 0.3) is 0 Å². The Balaban J connectivity index is 1.57. The van der Waals surface area contributed by atoms with E-state index < -0.39 is 0 Å². The molecule has 0 saturated heterocycles. The number of anilines is 1. The Bertz CT molecular complexity index is 914. The Morgan fingerprint density at radius 1 is 1.26 bits per heavy atom. The summed E-state index contributed by atoms with van der Waals surface area (Å²) in [6.07, 6.45) is 3.26. The number of hydrogen-bond donors (Lipinski definition) is 1. The summed E-state index contributed by atoms with van der Waals surface area (Å²) in [6.45, 7) is 7.10. The standard InChI is InChI=1S/C20H23N3O4/c1-4-25-13-23-11-16(10-21-23)22-20(24)18-8-7-17(27-18)12-26-19-9-14(2)5-6-15(19)3/h5-11H,4,12-13H2,1-3H3,(H,22,24). The summed E-state index contributed by atoms with van der Waals surface area (Å²) in [5.74, 6) is 1.25. The average Bonchev–Trinajstić information content (AvgIpc) is 3.30. The molecule has 142 valence electrons. The van der Waals surface area contributed by atoms with Crippen LogP contribution in [0.15, 0.2) is 47.1 Å². The fourth-order valence-electron chi connectivity index (χ4n) is 2.47. The van der Waals surface area contributed by atoms with E-state index in [0.29, 0.717) is 24.8 Å². The van der Waals surface area contributed by atoms with Crippen molar-refractivity contribution in [3.63, 3.8) is 0 Å². The van der Waals surface area contributed by atoms with Crippen molar-refractivity contribution < 1.29 is 18.7 Å². The first-order valence-electron chi connectivity index (χ1n) is 8.75. The minimum Gasteiger partial charge on any atom is -0.485 e. The van der Waals surface area contributed by atoms with Gasteiger partial charge in [0.2, 0.25) is 0 Å². The van der Waals surface area contributed by atoms with Crippen LogP contribution in [0.5, 0.6) is 5.75 Å². The van der Waals surface area contributed by atoms with Crippen molar-refractivity contribution in [3.8, 4) is 5.75 Å². The quantitative estimate of drug-likeness (QED) is 0.651. The van der Waals surface area contributed by atoms with Crippen molar-refractivity contribution >= 4 is 11.6 Å². The lowest BCUT2D eigenvalue weighted by Crippen LogP contribution is -2.10. The number of aryl methyl sites for hydroxylation is 2. The highest BCUT2D eigenvalue weighted by Crippen LogP contribution is 2.21. The summed E-state index contributed by atoms with van der Waals surface area (Å²) in [5.41, 5.74) is 2.75. The van der Waals surface area contributed by atoms with Gasteiger partial charge >= 0.3 is 0 Å². The molecule has 3 aromatic rings. The molecule has 0 aliphatic rings. The molecule has 0 spiro atoms. The maximum Gasteiger partial charge on any atom is 0.291 e. The van der Waals surface area contributed by atoms with E-state index in [9.17, 15) is 4.79 Å². The van der Waals surface area contributed by atoms with Crippen molar-refractivity contribution in [3.05, 3.63) is 65.4 Å². The molecule has 0 saturated carbocycles. The van der Waals surface area contributed by atoms with E-state index in [2.05, 4.69) is 10.4 Å². The lowest BCUT2D eigenvalue weighted by molar-refractivity contribution is 0.0792. The molecular weight excluding hydrogens is 346 g/mol. The molecule has 1 N–H and O–H groups in total.